The van der Waals surface area contributed by atoms with Gasteiger partial charge in [0.1, 0.15) is 12.4 Å². The van der Waals surface area contributed by atoms with Crippen molar-refractivity contribution in [2.45, 2.75) is 25.7 Å². The molecule has 2 atom stereocenters. The highest BCUT2D eigenvalue weighted by Gasteiger charge is 2.48. The molecule has 0 spiro atoms. The SMILES string of the molecule is O=C(CN1C(=O)[C@H]2CCCC[C@H]2C1=O)Nc1nc2ccc(F)cc2s1. The maximum atomic E-state index is 13.2. The number of hydrogen-bond donors (Lipinski definition) is 1. The zero-order valence-electron chi connectivity index (χ0n) is 13.3. The van der Waals surface area contributed by atoms with Crippen molar-refractivity contribution in [2.75, 3.05) is 11.9 Å². The Hall–Kier alpha value is -2.35. The number of amides is 3. The Balaban J connectivity index is 1.46. The number of nitrogens with zero attached hydrogens (tertiary/aromatic N) is 2. The van der Waals surface area contributed by atoms with Crippen molar-refractivity contribution in [3.05, 3.63) is 24.0 Å². The highest BCUT2D eigenvalue weighted by atomic mass is 32.1. The highest BCUT2D eigenvalue weighted by molar-refractivity contribution is 7.22. The number of anilines is 1. The molecule has 2 heterocycles. The number of halogens is 1. The molecule has 25 heavy (non-hydrogen) atoms. The van der Waals surface area contributed by atoms with E-state index in [1.807, 2.05) is 0 Å². The van der Waals surface area contributed by atoms with Crippen LogP contribution in [0.5, 0.6) is 0 Å². The van der Waals surface area contributed by atoms with Crippen LogP contribution in [0.4, 0.5) is 9.52 Å². The van der Waals surface area contributed by atoms with Gasteiger partial charge in [-0.1, -0.05) is 24.2 Å². The van der Waals surface area contributed by atoms with Crippen molar-refractivity contribution in [1.29, 1.82) is 0 Å². The van der Waals surface area contributed by atoms with E-state index in [9.17, 15) is 18.8 Å². The Morgan fingerprint density at radius 3 is 2.60 bits per heavy atom. The van der Waals surface area contributed by atoms with Gasteiger partial charge in [-0.25, -0.2) is 9.37 Å². The normalized spacial score (nSPS) is 23.2. The molecular formula is C17H16FN3O3S. The third-order valence-corrected chi connectivity index (χ3v) is 5.76. The first-order valence-corrected chi connectivity index (χ1v) is 9.06. The van der Waals surface area contributed by atoms with Crippen LogP contribution in [0, 0.1) is 17.7 Å². The Morgan fingerprint density at radius 1 is 1.24 bits per heavy atom. The summed E-state index contributed by atoms with van der Waals surface area (Å²) in [6.45, 7) is -0.297. The van der Waals surface area contributed by atoms with Gasteiger partial charge in [-0.3, -0.25) is 19.3 Å². The van der Waals surface area contributed by atoms with Crippen LogP contribution in [0.3, 0.4) is 0 Å². The molecule has 1 saturated heterocycles. The Bertz CT molecular complexity index is 857. The van der Waals surface area contributed by atoms with E-state index in [2.05, 4.69) is 10.3 Å². The molecule has 0 radical (unpaired) electrons. The molecule has 3 amide bonds. The second-order valence-corrected chi connectivity index (χ2v) is 7.47. The summed E-state index contributed by atoms with van der Waals surface area (Å²) in [5.74, 6) is -1.85. The number of hydrogen-bond acceptors (Lipinski definition) is 5. The zero-order valence-corrected chi connectivity index (χ0v) is 14.1. The van der Waals surface area contributed by atoms with Crippen molar-refractivity contribution in [3.63, 3.8) is 0 Å². The molecule has 1 saturated carbocycles. The van der Waals surface area contributed by atoms with Gasteiger partial charge in [-0.15, -0.1) is 0 Å². The lowest BCUT2D eigenvalue weighted by Gasteiger charge is -2.19. The van der Waals surface area contributed by atoms with Gasteiger partial charge in [-0.2, -0.15) is 0 Å². The number of aromatic nitrogens is 1. The van der Waals surface area contributed by atoms with Gasteiger partial charge in [0.2, 0.25) is 17.7 Å². The molecule has 2 aromatic rings. The molecule has 2 fully saturated rings. The first-order chi connectivity index (χ1) is 12.0. The molecule has 1 aliphatic heterocycles. The Labute approximate surface area is 147 Å². The predicted molar refractivity (Wildman–Crippen MR) is 90.4 cm³/mol. The maximum absolute atomic E-state index is 13.2. The number of nitrogens with one attached hydrogen (secondary N) is 1. The lowest BCUT2D eigenvalue weighted by Crippen LogP contribution is -2.38. The summed E-state index contributed by atoms with van der Waals surface area (Å²) in [5.41, 5.74) is 0.584. The van der Waals surface area contributed by atoms with E-state index in [1.165, 1.54) is 18.2 Å². The quantitative estimate of drug-likeness (QED) is 0.852. The molecule has 4 rings (SSSR count). The minimum atomic E-state index is -0.472. The summed E-state index contributed by atoms with van der Waals surface area (Å²) in [4.78, 5) is 42.3. The second kappa shape index (κ2) is 6.18. The lowest BCUT2D eigenvalue weighted by atomic mass is 9.81. The van der Waals surface area contributed by atoms with Gasteiger partial charge in [0.25, 0.3) is 0 Å². The van der Waals surface area contributed by atoms with Gasteiger partial charge >= 0.3 is 0 Å². The van der Waals surface area contributed by atoms with Gasteiger partial charge < -0.3 is 5.32 Å². The number of fused-ring (bicyclic) bond motifs is 2. The third-order valence-electron chi connectivity index (χ3n) is 4.83. The zero-order chi connectivity index (χ0) is 17.6. The van der Waals surface area contributed by atoms with E-state index in [0.29, 0.717) is 15.3 Å². The van der Waals surface area contributed by atoms with Crippen LogP contribution in [0.15, 0.2) is 18.2 Å². The van der Waals surface area contributed by atoms with Crippen LogP contribution in [0.1, 0.15) is 25.7 Å². The molecule has 1 aromatic carbocycles. The number of rotatable bonds is 3. The number of thiazole rings is 1. The fraction of sp³-hybridized carbons (Fsp3) is 0.412. The van der Waals surface area contributed by atoms with E-state index < -0.39 is 5.91 Å². The van der Waals surface area contributed by atoms with Crippen LogP contribution in [-0.4, -0.2) is 34.2 Å². The molecule has 6 nitrogen and oxygen atoms in total. The van der Waals surface area contributed by atoms with Crippen molar-refractivity contribution >= 4 is 44.4 Å². The van der Waals surface area contributed by atoms with Gasteiger partial charge in [0, 0.05) is 0 Å². The number of likely N-dealkylation sites (tertiary alicyclic amines) is 1. The Morgan fingerprint density at radius 2 is 1.92 bits per heavy atom. The number of imide groups is 1. The number of carbonyl (C=O) groups is 3. The van der Waals surface area contributed by atoms with Crippen LogP contribution in [0.2, 0.25) is 0 Å². The van der Waals surface area contributed by atoms with Crippen LogP contribution in [0.25, 0.3) is 10.2 Å². The molecule has 1 N–H and O–H groups in total. The van der Waals surface area contributed by atoms with Gasteiger partial charge in [0.05, 0.1) is 22.1 Å². The molecule has 1 aromatic heterocycles. The lowest BCUT2D eigenvalue weighted by molar-refractivity contribution is -0.142. The maximum Gasteiger partial charge on any atom is 0.246 e. The molecule has 0 unspecified atom stereocenters. The van der Waals surface area contributed by atoms with Gasteiger partial charge in [-0.05, 0) is 31.0 Å². The van der Waals surface area contributed by atoms with Crippen molar-refractivity contribution in [3.8, 4) is 0 Å². The van der Waals surface area contributed by atoms with E-state index >= 15 is 0 Å². The standard InChI is InChI=1S/C17H16FN3O3S/c18-9-5-6-12-13(7-9)25-17(19-12)20-14(22)8-21-15(23)10-3-1-2-4-11(10)16(21)24/h5-7,10-11H,1-4,8H2,(H,19,20,22)/t10-,11+. The van der Waals surface area contributed by atoms with Crippen molar-refractivity contribution in [1.82, 2.24) is 9.88 Å². The first-order valence-electron chi connectivity index (χ1n) is 8.24. The summed E-state index contributed by atoms with van der Waals surface area (Å²) < 4.78 is 13.8. The molecule has 130 valence electrons. The molecule has 0 bridgehead atoms. The monoisotopic (exact) mass is 361 g/mol. The molecule has 8 heteroatoms. The number of benzene rings is 1. The summed E-state index contributed by atoms with van der Waals surface area (Å²) in [5, 5.41) is 2.92. The van der Waals surface area contributed by atoms with Crippen molar-refractivity contribution in [2.24, 2.45) is 11.8 Å². The van der Waals surface area contributed by atoms with E-state index in [1.54, 1.807) is 0 Å². The van der Waals surface area contributed by atoms with Crippen LogP contribution in [-0.2, 0) is 14.4 Å². The number of carbonyl (C=O) groups excluding carboxylic acids is 3. The van der Waals surface area contributed by atoms with E-state index in [0.717, 1.165) is 41.9 Å². The average Bonchev–Trinajstić information content (AvgIpc) is 3.09. The fourth-order valence-corrected chi connectivity index (χ4v) is 4.55. The fourth-order valence-electron chi connectivity index (χ4n) is 3.64. The largest absolute Gasteiger partial charge is 0.300 e. The van der Waals surface area contributed by atoms with E-state index in [4.69, 9.17) is 0 Å². The average molecular weight is 361 g/mol. The van der Waals surface area contributed by atoms with Gasteiger partial charge in [0.15, 0.2) is 5.13 Å². The first kappa shape index (κ1) is 16.1. The second-order valence-electron chi connectivity index (χ2n) is 6.44. The molecule has 2 aliphatic rings. The van der Waals surface area contributed by atoms with Crippen LogP contribution >= 0.6 is 11.3 Å². The summed E-state index contributed by atoms with van der Waals surface area (Å²) in [6.07, 6.45) is 3.33. The Kier molecular flexibility index (Phi) is 3.99. The third kappa shape index (κ3) is 2.90. The molecular weight excluding hydrogens is 345 g/mol. The topological polar surface area (TPSA) is 79.4 Å². The predicted octanol–water partition coefficient (Wildman–Crippen LogP) is 2.55. The minimum Gasteiger partial charge on any atom is -0.300 e. The summed E-state index contributed by atoms with van der Waals surface area (Å²) >= 11 is 1.15. The summed E-state index contributed by atoms with van der Waals surface area (Å²) in [7, 11) is 0. The van der Waals surface area contributed by atoms with Crippen molar-refractivity contribution < 1.29 is 18.8 Å². The van der Waals surface area contributed by atoms with Crippen LogP contribution < -0.4 is 5.32 Å². The molecule has 1 aliphatic carbocycles. The highest BCUT2D eigenvalue weighted by Crippen LogP contribution is 2.38. The van der Waals surface area contributed by atoms with E-state index in [-0.39, 0.29) is 36.0 Å². The smallest absolute Gasteiger partial charge is 0.246 e. The summed E-state index contributed by atoms with van der Waals surface area (Å²) in [6, 6.07) is 4.19. The minimum absolute atomic E-state index is 0.240.